The number of aromatic nitrogens is 2. The molecule has 2 aromatic heterocycles. The molecule has 0 unspecified atom stereocenters. The summed E-state index contributed by atoms with van der Waals surface area (Å²) in [5.74, 6) is -5.16. The number of Topliss-reactive ketones (excluding diaryl/α,β-unsaturated/α-hetero) is 1. The van der Waals surface area contributed by atoms with E-state index >= 15 is 0 Å². The normalized spacial score (nSPS) is 13.4. The zero-order valence-electron chi connectivity index (χ0n) is 41.5. The minimum atomic E-state index is -1.67. The number of oxazole rings is 1. The van der Waals surface area contributed by atoms with Crippen LogP contribution in [0.25, 0.3) is 27.4 Å². The maximum absolute atomic E-state index is 13.6. The third-order valence-electron chi connectivity index (χ3n) is 9.85. The molecule has 0 fully saturated rings. The molecule has 6 N–H and O–H groups in total. The Labute approximate surface area is 431 Å². The number of alkyl carbamates (subject to hydrolysis) is 1. The van der Waals surface area contributed by atoms with E-state index in [1.807, 2.05) is 0 Å². The molecule has 23 heteroatoms. The van der Waals surface area contributed by atoms with Crippen molar-refractivity contribution in [3.63, 3.8) is 0 Å². The van der Waals surface area contributed by atoms with Crippen LogP contribution in [0.1, 0.15) is 85.9 Å². The molecule has 2 amide bonds. The lowest BCUT2D eigenvalue weighted by atomic mass is 9.97. The van der Waals surface area contributed by atoms with Crippen molar-refractivity contribution in [2.75, 3.05) is 25.5 Å². The summed E-state index contributed by atoms with van der Waals surface area (Å²) in [5, 5.41) is 36.8. The first-order valence-electron chi connectivity index (χ1n) is 22.7. The van der Waals surface area contributed by atoms with Crippen LogP contribution in [0.2, 0.25) is 5.02 Å². The number of anilines is 1. The number of aliphatic hydroxyl groups excluding tert-OH is 2. The summed E-state index contributed by atoms with van der Waals surface area (Å²) < 4.78 is 33.0. The molecule has 2 heterocycles. The Balaban J connectivity index is 1.54. The van der Waals surface area contributed by atoms with Gasteiger partial charge in [0.05, 0.1) is 48.9 Å². The molecule has 0 saturated heterocycles. The van der Waals surface area contributed by atoms with Gasteiger partial charge in [-0.1, -0.05) is 35.5 Å². The number of esters is 3. The molecule has 2 aromatic carbocycles. The molecule has 0 aliphatic rings. The quantitative estimate of drug-likeness (QED) is 0.0224. The number of hydrogen-bond acceptors (Lipinski definition) is 19. The van der Waals surface area contributed by atoms with Crippen LogP contribution in [0.4, 0.5) is 16.3 Å². The van der Waals surface area contributed by atoms with Crippen molar-refractivity contribution in [2.45, 2.75) is 121 Å². The number of rotatable bonds is 23. The van der Waals surface area contributed by atoms with Gasteiger partial charge in [-0.25, -0.2) is 24.4 Å². The summed E-state index contributed by atoms with van der Waals surface area (Å²) in [6, 6.07) is 13.5. The number of pyridine rings is 1. The highest BCUT2D eigenvalue weighted by molar-refractivity contribution is 7.98. The Hall–Kier alpha value is -7.24. The molecule has 5 atom stereocenters. The van der Waals surface area contributed by atoms with Crippen LogP contribution in [0.15, 0.2) is 64.2 Å². The first-order valence-corrected chi connectivity index (χ1v) is 24.0. The summed E-state index contributed by atoms with van der Waals surface area (Å²) in [6.07, 6.45) is -5.08. The first-order chi connectivity index (χ1) is 34.3. The molecule has 4 aromatic rings. The number of nitrogens with one attached hydrogen (secondary N) is 2. The van der Waals surface area contributed by atoms with Gasteiger partial charge in [-0.15, -0.1) is 0 Å². The Morgan fingerprint density at radius 3 is 2.14 bits per heavy atom. The van der Waals surface area contributed by atoms with Crippen LogP contribution in [-0.2, 0) is 48.7 Å². The predicted octanol–water partition coefficient (Wildman–Crippen LogP) is 6.66. The number of halogens is 1. The van der Waals surface area contributed by atoms with Crippen molar-refractivity contribution in [1.82, 2.24) is 20.6 Å². The van der Waals surface area contributed by atoms with E-state index in [2.05, 4.69) is 31.5 Å². The lowest BCUT2D eigenvalue weighted by Gasteiger charge is -2.25. The molecule has 0 radical (unpaired) electrons. The van der Waals surface area contributed by atoms with Gasteiger partial charge in [0, 0.05) is 34.7 Å². The zero-order valence-corrected chi connectivity index (χ0v) is 43.1. The molecule has 21 nitrogen and oxygen atoms in total. The number of carbonyl (C=O) groups excluding carboxylic acids is 6. The molecule has 0 saturated carbocycles. The van der Waals surface area contributed by atoms with Crippen LogP contribution in [0, 0.1) is 23.8 Å². The van der Waals surface area contributed by atoms with E-state index in [1.165, 1.54) is 32.2 Å². The average Bonchev–Trinajstić information content (AvgIpc) is 3.79. The Morgan fingerprint density at radius 2 is 1.55 bits per heavy atom. The molecule has 390 valence electrons. The number of nitriles is 1. The number of aliphatic hydroxyl groups is 2. The number of benzene rings is 2. The van der Waals surface area contributed by atoms with Gasteiger partial charge in [0.15, 0.2) is 17.9 Å². The predicted molar refractivity (Wildman–Crippen MR) is 266 cm³/mol. The number of thioether (sulfide) groups is 1. The fourth-order valence-electron chi connectivity index (χ4n) is 6.44. The minimum absolute atomic E-state index is 0.0650. The largest absolute Gasteiger partial charge is 0.490 e. The van der Waals surface area contributed by atoms with Crippen LogP contribution in [0.3, 0.4) is 0 Å². The van der Waals surface area contributed by atoms with E-state index < -0.39 is 110 Å². The maximum Gasteiger partial charge on any atom is 0.408 e. The molecule has 73 heavy (non-hydrogen) atoms. The second-order valence-electron chi connectivity index (χ2n) is 18.4. The lowest BCUT2D eigenvalue weighted by molar-refractivity contribution is -0.168. The van der Waals surface area contributed by atoms with Gasteiger partial charge in [-0.05, 0) is 97.4 Å². The van der Waals surface area contributed by atoms with E-state index in [1.54, 1.807) is 77.9 Å². The standard InChI is InChI=1S/C50H58ClN7O14S/c1-27(59)36(20-33(61)22-55-48(66)72-50(6,7)8)46(64)69-25-35(70-47(65)41(28(2)60)57-38(62)18-19-39(63)71-49(3,4)5)24-67-34-16-12-29(13-17-34)40-37(21-52)45(58-43(53)42(40)54-9)73-26-32-23-68-44(56-32)30-10-14-31(51)15-11-30/h10-17,23,27-28,35-36,41,59-60H,18-20,22,24-26H2,1-8H3,(H2,53,58)(H,55,66)(H,57,62)/t27-,28-,35+,36+,41+/m1/s1. The molecular weight excluding hydrogens is 990 g/mol. The number of carbonyl (C=O) groups is 6. The van der Waals surface area contributed by atoms with Gasteiger partial charge in [-0.3, -0.25) is 19.2 Å². The number of hydrogen-bond donors (Lipinski definition) is 5. The van der Waals surface area contributed by atoms with E-state index in [4.69, 9.17) is 52.0 Å². The Kier molecular flexibility index (Phi) is 21.1. The highest BCUT2D eigenvalue weighted by Gasteiger charge is 2.33. The van der Waals surface area contributed by atoms with E-state index in [-0.39, 0.29) is 45.6 Å². The average molecular weight is 1050 g/mol. The third-order valence-corrected chi connectivity index (χ3v) is 11.1. The summed E-state index contributed by atoms with van der Waals surface area (Å²) in [4.78, 5) is 89.4. The number of ether oxygens (including phenoxy) is 5. The number of nitrogen functional groups attached to an aromatic ring is 1. The van der Waals surface area contributed by atoms with Gasteiger partial charge in [0.25, 0.3) is 0 Å². The van der Waals surface area contributed by atoms with Crippen molar-refractivity contribution in [1.29, 1.82) is 5.26 Å². The van der Waals surface area contributed by atoms with Gasteiger partial charge in [-0.2, -0.15) is 5.26 Å². The Bertz CT molecular complexity index is 2690. The third kappa shape index (κ3) is 18.7. The van der Waals surface area contributed by atoms with Crippen molar-refractivity contribution in [3.05, 3.63) is 82.5 Å². The van der Waals surface area contributed by atoms with Gasteiger partial charge >= 0.3 is 24.0 Å². The van der Waals surface area contributed by atoms with Crippen molar-refractivity contribution in [2.24, 2.45) is 5.92 Å². The summed E-state index contributed by atoms with van der Waals surface area (Å²) in [5.41, 5.74) is 6.44. The van der Waals surface area contributed by atoms with Gasteiger partial charge in [0.2, 0.25) is 17.5 Å². The maximum atomic E-state index is 13.6. The fraction of sp³-hybridized carbons (Fsp3) is 0.440. The summed E-state index contributed by atoms with van der Waals surface area (Å²) >= 11 is 7.17. The minimum Gasteiger partial charge on any atom is -0.490 e. The fourth-order valence-corrected chi connectivity index (χ4v) is 7.44. The second kappa shape index (κ2) is 26.5. The van der Waals surface area contributed by atoms with Crippen LogP contribution in [0.5, 0.6) is 5.75 Å². The molecule has 0 aliphatic carbocycles. The monoisotopic (exact) mass is 1050 g/mol. The van der Waals surface area contributed by atoms with Gasteiger partial charge in [0.1, 0.15) is 53.3 Å². The van der Waals surface area contributed by atoms with Gasteiger partial charge < -0.3 is 54.7 Å². The first kappa shape index (κ1) is 58.3. The molecule has 0 spiro atoms. The molecule has 0 aliphatic heterocycles. The Morgan fingerprint density at radius 1 is 0.904 bits per heavy atom. The number of amides is 2. The number of ketones is 1. The smallest absolute Gasteiger partial charge is 0.408 e. The number of nitrogens with two attached hydrogens (primary N) is 1. The van der Waals surface area contributed by atoms with Crippen LogP contribution in [-0.4, -0.2) is 111 Å². The SMILES string of the molecule is [C-]#[N+]c1c(N)nc(SCc2coc(-c3ccc(Cl)cc3)n2)c(C#N)c1-c1ccc(OC[C@@H](COC(=O)[C@@H](CC(=O)CNC(=O)OC(C)(C)C)[C@@H](C)O)OC(=O)[C@@H](NC(=O)CCC(=O)OC(C)(C)C)[C@@H](C)O)cc1. The van der Waals surface area contributed by atoms with E-state index in [0.717, 1.165) is 11.8 Å². The summed E-state index contributed by atoms with van der Waals surface area (Å²) in [6.45, 7) is 18.4. The second-order valence-corrected chi connectivity index (χ2v) is 19.8. The van der Waals surface area contributed by atoms with Crippen LogP contribution >= 0.6 is 23.4 Å². The lowest BCUT2D eigenvalue weighted by Crippen LogP contribution is -2.50. The van der Waals surface area contributed by atoms with Crippen molar-refractivity contribution >= 4 is 70.6 Å². The number of nitrogens with zero attached hydrogens (tertiary/aromatic N) is 4. The topological polar surface area (TPSA) is 306 Å². The highest BCUT2D eigenvalue weighted by atomic mass is 35.5. The van der Waals surface area contributed by atoms with Crippen LogP contribution < -0.4 is 21.1 Å². The molecular formula is C50H58ClN7O14S. The summed E-state index contributed by atoms with van der Waals surface area (Å²) in [7, 11) is 0. The van der Waals surface area contributed by atoms with E-state index in [0.29, 0.717) is 27.7 Å². The molecule has 4 rings (SSSR count). The van der Waals surface area contributed by atoms with Crippen molar-refractivity contribution < 1.29 is 67.1 Å². The highest BCUT2D eigenvalue weighted by Crippen LogP contribution is 2.42. The zero-order chi connectivity index (χ0) is 54.2. The molecule has 0 bridgehead atoms. The van der Waals surface area contributed by atoms with E-state index in [9.17, 15) is 44.2 Å². The van der Waals surface area contributed by atoms with Crippen molar-refractivity contribution in [3.8, 4) is 34.4 Å².